The Bertz CT molecular complexity index is 911. The summed E-state index contributed by atoms with van der Waals surface area (Å²) in [5.41, 5.74) is 0.857. The molecule has 0 radical (unpaired) electrons. The summed E-state index contributed by atoms with van der Waals surface area (Å²) in [5, 5.41) is 2.95. The third-order valence-electron chi connectivity index (χ3n) is 5.39. The van der Waals surface area contributed by atoms with E-state index >= 15 is 0 Å². The van der Waals surface area contributed by atoms with Crippen molar-refractivity contribution in [3.8, 4) is 23.0 Å². The van der Waals surface area contributed by atoms with E-state index in [-0.39, 0.29) is 25.0 Å². The molecule has 0 heterocycles. The highest BCUT2D eigenvalue weighted by molar-refractivity contribution is 5.88. The number of unbranched alkanes of at least 4 members (excludes halogenated alkanes) is 1. The number of methoxy groups -OCH3 is 3. The van der Waals surface area contributed by atoms with Crippen LogP contribution < -0.4 is 24.3 Å². The maximum Gasteiger partial charge on any atom is 0.261 e. The van der Waals surface area contributed by atoms with Gasteiger partial charge in [-0.25, -0.2) is 0 Å². The largest absolute Gasteiger partial charge is 0.497 e. The Balaban J connectivity index is 2.24. The van der Waals surface area contributed by atoms with Crippen LogP contribution in [0.4, 0.5) is 0 Å². The molecule has 2 aromatic rings. The Morgan fingerprint density at radius 2 is 1.56 bits per heavy atom. The standard InChI is InChI=1S/C26H36N2O6/c1-6-8-12-27-26(30)24(7-2)28(17-19-10-9-11-20(13-19)31-3)25(29)18-34-23-15-21(32-4)14-22(16-23)33-5/h9-11,13-16,24H,6-8,12,17-18H2,1-5H3,(H,27,30)/t24-/m1/s1. The second-order valence-electron chi connectivity index (χ2n) is 7.78. The number of carbonyl (C=O) groups is 2. The van der Waals surface area contributed by atoms with E-state index in [9.17, 15) is 9.59 Å². The molecule has 0 aliphatic rings. The van der Waals surface area contributed by atoms with Crippen molar-refractivity contribution in [2.24, 2.45) is 0 Å². The maximum atomic E-state index is 13.3. The molecule has 186 valence electrons. The van der Waals surface area contributed by atoms with Crippen LogP contribution in [-0.4, -0.2) is 57.2 Å². The van der Waals surface area contributed by atoms with E-state index in [1.54, 1.807) is 44.4 Å². The predicted octanol–water partition coefficient (Wildman–Crippen LogP) is 3.81. The summed E-state index contributed by atoms with van der Waals surface area (Å²) >= 11 is 0. The van der Waals surface area contributed by atoms with E-state index in [0.717, 1.165) is 18.4 Å². The molecule has 0 aliphatic carbocycles. The average Bonchev–Trinajstić information content (AvgIpc) is 2.87. The van der Waals surface area contributed by atoms with Gasteiger partial charge in [0.15, 0.2) is 6.61 Å². The van der Waals surface area contributed by atoms with E-state index < -0.39 is 6.04 Å². The van der Waals surface area contributed by atoms with Crippen molar-refractivity contribution in [2.75, 3.05) is 34.5 Å². The van der Waals surface area contributed by atoms with E-state index in [1.165, 1.54) is 0 Å². The van der Waals surface area contributed by atoms with Gasteiger partial charge < -0.3 is 29.2 Å². The predicted molar refractivity (Wildman–Crippen MR) is 131 cm³/mol. The summed E-state index contributed by atoms with van der Waals surface area (Å²) in [7, 11) is 4.68. The van der Waals surface area contributed by atoms with Gasteiger partial charge in [-0.3, -0.25) is 9.59 Å². The molecular formula is C26H36N2O6. The third-order valence-corrected chi connectivity index (χ3v) is 5.39. The minimum Gasteiger partial charge on any atom is -0.497 e. The first-order valence-electron chi connectivity index (χ1n) is 11.5. The fraction of sp³-hybridized carbons (Fsp3) is 0.462. The van der Waals surface area contributed by atoms with Gasteiger partial charge in [-0.1, -0.05) is 32.4 Å². The van der Waals surface area contributed by atoms with Crippen LogP contribution in [0.5, 0.6) is 23.0 Å². The van der Waals surface area contributed by atoms with Crippen molar-refractivity contribution in [3.63, 3.8) is 0 Å². The van der Waals surface area contributed by atoms with Crippen LogP contribution in [0.15, 0.2) is 42.5 Å². The van der Waals surface area contributed by atoms with Crippen LogP contribution >= 0.6 is 0 Å². The molecule has 2 aromatic carbocycles. The fourth-order valence-electron chi connectivity index (χ4n) is 3.49. The monoisotopic (exact) mass is 472 g/mol. The number of ether oxygens (including phenoxy) is 4. The molecule has 0 saturated carbocycles. The Hall–Kier alpha value is -3.42. The summed E-state index contributed by atoms with van der Waals surface area (Å²) in [4.78, 5) is 27.9. The van der Waals surface area contributed by atoms with Crippen molar-refractivity contribution in [3.05, 3.63) is 48.0 Å². The first kappa shape index (κ1) is 26.8. The Morgan fingerprint density at radius 1 is 0.912 bits per heavy atom. The van der Waals surface area contributed by atoms with Gasteiger partial charge in [0, 0.05) is 31.3 Å². The SMILES string of the molecule is CCCCNC(=O)[C@@H](CC)N(Cc1cccc(OC)c1)C(=O)COc1cc(OC)cc(OC)c1. The summed E-state index contributed by atoms with van der Waals surface area (Å²) in [6, 6.07) is 11.9. The van der Waals surface area contributed by atoms with Crippen molar-refractivity contribution < 1.29 is 28.5 Å². The van der Waals surface area contributed by atoms with Gasteiger partial charge in [-0.15, -0.1) is 0 Å². The molecule has 0 bridgehead atoms. The van der Waals surface area contributed by atoms with Crippen LogP contribution in [0.2, 0.25) is 0 Å². The zero-order valence-electron chi connectivity index (χ0n) is 20.8. The number of benzene rings is 2. The maximum absolute atomic E-state index is 13.3. The molecule has 2 rings (SSSR count). The lowest BCUT2D eigenvalue weighted by atomic mass is 10.1. The van der Waals surface area contributed by atoms with Gasteiger partial charge in [0.05, 0.1) is 21.3 Å². The van der Waals surface area contributed by atoms with Crippen LogP contribution in [-0.2, 0) is 16.1 Å². The summed E-state index contributed by atoms with van der Waals surface area (Å²) < 4.78 is 21.6. The van der Waals surface area contributed by atoms with E-state index in [2.05, 4.69) is 12.2 Å². The Labute approximate surface area is 202 Å². The molecule has 0 aliphatic heterocycles. The molecule has 8 nitrogen and oxygen atoms in total. The lowest BCUT2D eigenvalue weighted by Gasteiger charge is -2.30. The first-order chi connectivity index (χ1) is 16.4. The molecule has 34 heavy (non-hydrogen) atoms. The topological polar surface area (TPSA) is 86.3 Å². The zero-order valence-corrected chi connectivity index (χ0v) is 20.8. The molecule has 0 spiro atoms. The average molecular weight is 473 g/mol. The quantitative estimate of drug-likeness (QED) is 0.421. The first-order valence-corrected chi connectivity index (χ1v) is 11.5. The lowest BCUT2D eigenvalue weighted by Crippen LogP contribution is -2.50. The highest BCUT2D eigenvalue weighted by Crippen LogP contribution is 2.27. The van der Waals surface area contributed by atoms with E-state index in [4.69, 9.17) is 18.9 Å². The minimum atomic E-state index is -0.626. The van der Waals surface area contributed by atoms with Gasteiger partial charge >= 0.3 is 0 Å². The number of nitrogens with one attached hydrogen (secondary N) is 1. The summed E-state index contributed by atoms with van der Waals surface area (Å²) in [6.45, 7) is 4.55. The van der Waals surface area contributed by atoms with Crippen LogP contribution in [0.3, 0.4) is 0 Å². The van der Waals surface area contributed by atoms with Crippen LogP contribution in [0.25, 0.3) is 0 Å². The van der Waals surface area contributed by atoms with E-state index in [0.29, 0.717) is 36.0 Å². The molecular weight excluding hydrogens is 436 g/mol. The minimum absolute atomic E-state index is 0.171. The number of hydrogen-bond donors (Lipinski definition) is 1. The molecule has 0 unspecified atom stereocenters. The molecule has 0 saturated heterocycles. The van der Waals surface area contributed by atoms with E-state index in [1.807, 2.05) is 31.2 Å². The molecule has 0 aromatic heterocycles. The zero-order chi connectivity index (χ0) is 24.9. The highest BCUT2D eigenvalue weighted by Gasteiger charge is 2.29. The van der Waals surface area contributed by atoms with Crippen LogP contribution in [0.1, 0.15) is 38.7 Å². The van der Waals surface area contributed by atoms with Gasteiger partial charge in [0.1, 0.15) is 29.0 Å². The molecule has 1 N–H and O–H groups in total. The number of rotatable bonds is 14. The van der Waals surface area contributed by atoms with Gasteiger partial charge in [-0.05, 0) is 30.5 Å². The number of amides is 2. The van der Waals surface area contributed by atoms with Crippen molar-refractivity contribution in [1.29, 1.82) is 0 Å². The Kier molecular flexibility index (Phi) is 11.0. The summed E-state index contributed by atoms with van der Waals surface area (Å²) in [5.74, 6) is 1.75. The second kappa shape index (κ2) is 14.0. The Morgan fingerprint density at radius 3 is 2.15 bits per heavy atom. The van der Waals surface area contributed by atoms with Gasteiger partial charge in [0.2, 0.25) is 5.91 Å². The van der Waals surface area contributed by atoms with Crippen LogP contribution in [0, 0.1) is 0 Å². The number of nitrogens with zero attached hydrogens (tertiary/aromatic N) is 1. The lowest BCUT2D eigenvalue weighted by molar-refractivity contribution is -0.143. The second-order valence-corrected chi connectivity index (χ2v) is 7.78. The molecule has 2 amide bonds. The molecule has 8 heteroatoms. The molecule has 0 fully saturated rings. The normalized spacial score (nSPS) is 11.3. The van der Waals surface area contributed by atoms with Gasteiger partial charge in [-0.2, -0.15) is 0 Å². The van der Waals surface area contributed by atoms with Gasteiger partial charge in [0.25, 0.3) is 5.91 Å². The third kappa shape index (κ3) is 7.86. The highest BCUT2D eigenvalue weighted by atomic mass is 16.5. The smallest absolute Gasteiger partial charge is 0.261 e. The molecule has 1 atom stereocenters. The number of carbonyl (C=O) groups excluding carboxylic acids is 2. The van der Waals surface area contributed by atoms with Crippen molar-refractivity contribution >= 4 is 11.8 Å². The summed E-state index contributed by atoms with van der Waals surface area (Å²) in [6.07, 6.45) is 2.33. The van der Waals surface area contributed by atoms with Crippen molar-refractivity contribution in [1.82, 2.24) is 10.2 Å². The van der Waals surface area contributed by atoms with Crippen molar-refractivity contribution in [2.45, 2.75) is 45.7 Å². The fourth-order valence-corrected chi connectivity index (χ4v) is 3.49. The number of hydrogen-bond acceptors (Lipinski definition) is 6.